The van der Waals surface area contributed by atoms with Crippen molar-refractivity contribution in [3.63, 3.8) is 0 Å². The monoisotopic (exact) mass is 259 g/mol. The topological polar surface area (TPSA) is 30.5 Å². The summed E-state index contributed by atoms with van der Waals surface area (Å²) in [5.74, 6) is 0.322. The molecular formula is C13H19F2NO2. The predicted molar refractivity (Wildman–Crippen MR) is 67.6 cm³/mol. The number of benzene rings is 1. The number of hydrogen-bond donors (Lipinski definition) is 1. The third-order valence-electron chi connectivity index (χ3n) is 2.20. The molecule has 1 aromatic carbocycles. The van der Waals surface area contributed by atoms with Crippen LogP contribution in [-0.4, -0.2) is 20.3 Å². The summed E-state index contributed by atoms with van der Waals surface area (Å²) in [6.45, 7) is 4.12. The first-order valence-electron chi connectivity index (χ1n) is 5.68. The van der Waals surface area contributed by atoms with Crippen molar-refractivity contribution in [1.29, 1.82) is 0 Å². The van der Waals surface area contributed by atoms with Crippen LogP contribution in [-0.2, 0) is 0 Å². The lowest BCUT2D eigenvalue weighted by atomic mass is 9.97. The second-order valence-corrected chi connectivity index (χ2v) is 5.16. The van der Waals surface area contributed by atoms with Crippen molar-refractivity contribution in [3.8, 4) is 11.5 Å². The number of halogens is 2. The van der Waals surface area contributed by atoms with Crippen LogP contribution in [0.3, 0.4) is 0 Å². The minimum atomic E-state index is -2.86. The molecule has 0 radical (unpaired) electrons. The van der Waals surface area contributed by atoms with Crippen molar-refractivity contribution in [3.05, 3.63) is 18.2 Å². The van der Waals surface area contributed by atoms with Crippen molar-refractivity contribution in [2.24, 2.45) is 5.41 Å². The zero-order valence-electron chi connectivity index (χ0n) is 11.1. The molecule has 102 valence electrons. The molecule has 0 spiro atoms. The van der Waals surface area contributed by atoms with Gasteiger partial charge in [-0.25, -0.2) is 0 Å². The van der Waals surface area contributed by atoms with Crippen LogP contribution >= 0.6 is 0 Å². The summed E-state index contributed by atoms with van der Waals surface area (Å²) in [5, 5.41) is 3.17. The van der Waals surface area contributed by atoms with Gasteiger partial charge in [0, 0.05) is 18.3 Å². The van der Waals surface area contributed by atoms with Crippen molar-refractivity contribution in [2.45, 2.75) is 27.4 Å². The van der Waals surface area contributed by atoms with Gasteiger partial charge in [0.05, 0.1) is 7.11 Å². The van der Waals surface area contributed by atoms with E-state index in [4.69, 9.17) is 4.74 Å². The van der Waals surface area contributed by atoms with Crippen molar-refractivity contribution < 1.29 is 18.3 Å². The van der Waals surface area contributed by atoms with Gasteiger partial charge in [-0.3, -0.25) is 0 Å². The maximum atomic E-state index is 12.2. The van der Waals surface area contributed by atoms with Crippen LogP contribution in [0.2, 0.25) is 0 Å². The smallest absolute Gasteiger partial charge is 0.387 e. The molecule has 5 heteroatoms. The molecule has 0 unspecified atom stereocenters. The number of methoxy groups -OCH3 is 1. The normalized spacial score (nSPS) is 11.5. The first-order valence-corrected chi connectivity index (χ1v) is 5.68. The van der Waals surface area contributed by atoms with E-state index < -0.39 is 6.61 Å². The van der Waals surface area contributed by atoms with Gasteiger partial charge in [-0.1, -0.05) is 20.8 Å². The second-order valence-electron chi connectivity index (χ2n) is 5.16. The average molecular weight is 259 g/mol. The van der Waals surface area contributed by atoms with Crippen LogP contribution in [0.5, 0.6) is 11.5 Å². The summed E-state index contributed by atoms with van der Waals surface area (Å²) >= 11 is 0. The first kappa shape index (κ1) is 14.5. The standard InChI is InChI=1S/C13H19F2NO2/c1-13(2,3)8-16-9-5-6-10(17-4)11(7-9)18-12(14)15/h5-7,12,16H,8H2,1-4H3. The van der Waals surface area contributed by atoms with E-state index in [1.54, 1.807) is 12.1 Å². The Hall–Kier alpha value is -1.52. The molecule has 18 heavy (non-hydrogen) atoms. The second kappa shape index (κ2) is 5.89. The third kappa shape index (κ3) is 4.77. The Kier molecular flexibility index (Phi) is 4.76. The van der Waals surface area contributed by atoms with Crippen LogP contribution in [0.4, 0.5) is 14.5 Å². The number of alkyl halides is 2. The van der Waals surface area contributed by atoms with E-state index in [2.05, 4.69) is 30.8 Å². The number of hydrogen-bond acceptors (Lipinski definition) is 3. The van der Waals surface area contributed by atoms with Crippen LogP contribution in [0.1, 0.15) is 20.8 Å². The SMILES string of the molecule is COc1ccc(NCC(C)(C)C)cc1OC(F)F. The van der Waals surface area contributed by atoms with Crippen molar-refractivity contribution >= 4 is 5.69 Å². The van der Waals surface area contributed by atoms with E-state index in [0.717, 1.165) is 12.2 Å². The van der Waals surface area contributed by atoms with Crippen LogP contribution in [0.15, 0.2) is 18.2 Å². The Labute approximate surface area is 106 Å². The van der Waals surface area contributed by atoms with Crippen molar-refractivity contribution in [1.82, 2.24) is 0 Å². The van der Waals surface area contributed by atoms with Gasteiger partial charge in [0.25, 0.3) is 0 Å². The molecule has 1 rings (SSSR count). The molecule has 0 aromatic heterocycles. The molecule has 0 heterocycles. The quantitative estimate of drug-likeness (QED) is 0.873. The minimum Gasteiger partial charge on any atom is -0.493 e. The van der Waals surface area contributed by atoms with Crippen LogP contribution in [0.25, 0.3) is 0 Å². The lowest BCUT2D eigenvalue weighted by molar-refractivity contribution is -0.0511. The highest BCUT2D eigenvalue weighted by Crippen LogP contribution is 2.31. The Balaban J connectivity index is 2.82. The maximum absolute atomic E-state index is 12.2. The van der Waals surface area contributed by atoms with E-state index in [9.17, 15) is 8.78 Å². The summed E-state index contributed by atoms with van der Waals surface area (Å²) in [6, 6.07) is 4.88. The van der Waals surface area contributed by atoms with E-state index in [-0.39, 0.29) is 16.9 Å². The van der Waals surface area contributed by atoms with E-state index >= 15 is 0 Å². The molecule has 3 nitrogen and oxygen atoms in total. The Morgan fingerprint density at radius 2 is 1.89 bits per heavy atom. The summed E-state index contributed by atoms with van der Waals surface area (Å²) in [6.07, 6.45) is 0. The molecule has 0 amide bonds. The molecular weight excluding hydrogens is 240 g/mol. The largest absolute Gasteiger partial charge is 0.493 e. The predicted octanol–water partition coefficient (Wildman–Crippen LogP) is 3.75. The molecule has 0 aliphatic heterocycles. The Bertz CT molecular complexity index is 389. The summed E-state index contributed by atoms with van der Waals surface area (Å²) in [7, 11) is 1.41. The lowest BCUT2D eigenvalue weighted by Crippen LogP contribution is -2.19. The van der Waals surface area contributed by atoms with Crippen molar-refractivity contribution in [2.75, 3.05) is 19.0 Å². The molecule has 0 fully saturated rings. The highest BCUT2D eigenvalue weighted by Gasteiger charge is 2.13. The zero-order valence-corrected chi connectivity index (χ0v) is 11.1. The maximum Gasteiger partial charge on any atom is 0.387 e. The summed E-state index contributed by atoms with van der Waals surface area (Å²) in [5.41, 5.74) is 0.824. The Morgan fingerprint density at radius 1 is 1.22 bits per heavy atom. The van der Waals surface area contributed by atoms with Gasteiger partial charge >= 0.3 is 6.61 Å². The van der Waals surface area contributed by atoms with Gasteiger partial charge < -0.3 is 14.8 Å². The molecule has 0 aliphatic rings. The number of rotatable bonds is 5. The fourth-order valence-electron chi connectivity index (χ4n) is 1.34. The highest BCUT2D eigenvalue weighted by molar-refractivity contribution is 5.54. The average Bonchev–Trinajstić information content (AvgIpc) is 2.25. The number of anilines is 1. The summed E-state index contributed by atoms with van der Waals surface area (Å²) < 4.78 is 33.9. The fourth-order valence-corrected chi connectivity index (χ4v) is 1.34. The lowest BCUT2D eigenvalue weighted by Gasteiger charge is -2.20. The minimum absolute atomic E-state index is 0.0337. The Morgan fingerprint density at radius 3 is 2.39 bits per heavy atom. The van der Waals surface area contributed by atoms with E-state index in [1.807, 2.05) is 0 Å². The van der Waals surface area contributed by atoms with Gasteiger partial charge in [-0.05, 0) is 17.5 Å². The molecule has 0 aliphatic carbocycles. The number of ether oxygens (including phenoxy) is 2. The molecule has 1 aromatic rings. The molecule has 0 atom stereocenters. The zero-order chi connectivity index (χ0) is 13.8. The highest BCUT2D eigenvalue weighted by atomic mass is 19.3. The van der Waals surface area contributed by atoms with Gasteiger partial charge in [0.15, 0.2) is 11.5 Å². The van der Waals surface area contributed by atoms with Gasteiger partial charge in [-0.15, -0.1) is 0 Å². The first-order chi connectivity index (χ1) is 8.31. The van der Waals surface area contributed by atoms with E-state index in [0.29, 0.717) is 0 Å². The van der Waals surface area contributed by atoms with Crippen LogP contribution < -0.4 is 14.8 Å². The summed E-state index contributed by atoms with van der Waals surface area (Å²) in [4.78, 5) is 0. The molecule has 1 N–H and O–H groups in total. The third-order valence-corrected chi connectivity index (χ3v) is 2.20. The van der Waals surface area contributed by atoms with Gasteiger partial charge in [0.1, 0.15) is 0 Å². The molecule has 0 saturated heterocycles. The van der Waals surface area contributed by atoms with Gasteiger partial charge in [0.2, 0.25) is 0 Å². The van der Waals surface area contributed by atoms with Gasteiger partial charge in [-0.2, -0.15) is 8.78 Å². The fraction of sp³-hybridized carbons (Fsp3) is 0.538. The molecule has 0 bridgehead atoms. The van der Waals surface area contributed by atoms with E-state index in [1.165, 1.54) is 13.2 Å². The molecule has 0 saturated carbocycles. The number of nitrogens with one attached hydrogen (secondary N) is 1. The van der Waals surface area contributed by atoms with Crippen LogP contribution in [0, 0.1) is 5.41 Å².